The molecule has 0 unspecified atom stereocenters. The Morgan fingerprint density at radius 1 is 0.930 bits per heavy atom. The van der Waals surface area contributed by atoms with E-state index in [0.717, 1.165) is 56.3 Å². The van der Waals surface area contributed by atoms with Crippen LogP contribution in [0.5, 0.6) is 0 Å². The van der Waals surface area contributed by atoms with E-state index in [4.69, 9.17) is 0 Å². The van der Waals surface area contributed by atoms with Crippen LogP contribution < -0.4 is 0 Å². The number of fused-ring (bicyclic) bond motifs is 9. The molecule has 8 nitrogen and oxygen atoms in total. The monoisotopic (exact) mass is 824 g/mol. The van der Waals surface area contributed by atoms with Gasteiger partial charge in [0, 0.05) is 53.3 Å². The van der Waals surface area contributed by atoms with E-state index >= 15 is 0 Å². The number of nitrogens with zero attached hydrogens (tertiary/aromatic N) is 2. The Hall–Kier alpha value is -1.14. The van der Waals surface area contributed by atoms with Crippen LogP contribution >= 0.6 is 21.6 Å². The number of carbonyl (C=O) groups excluding carboxylic acids is 1. The van der Waals surface area contributed by atoms with Crippen molar-refractivity contribution in [1.29, 1.82) is 0 Å². The molecular formula is C47H72N2O6S2. The molecule has 1 aliphatic heterocycles. The van der Waals surface area contributed by atoms with Crippen molar-refractivity contribution in [2.45, 2.75) is 179 Å². The van der Waals surface area contributed by atoms with Gasteiger partial charge in [-0.3, -0.25) is 4.79 Å². The highest BCUT2D eigenvalue weighted by Crippen LogP contribution is 2.71. The zero-order valence-electron chi connectivity index (χ0n) is 35.4. The molecule has 0 aromatic carbocycles. The normalized spacial score (nSPS) is 46.1. The van der Waals surface area contributed by atoms with Crippen molar-refractivity contribution in [1.82, 2.24) is 9.55 Å². The first-order valence-electron chi connectivity index (χ1n) is 22.7. The lowest BCUT2D eigenvalue weighted by Gasteiger charge is -2.61. The first-order chi connectivity index (χ1) is 27.1. The lowest BCUT2D eigenvalue weighted by molar-refractivity contribution is -0.159. The van der Waals surface area contributed by atoms with E-state index in [0.29, 0.717) is 24.7 Å². The van der Waals surface area contributed by atoms with E-state index in [1.54, 1.807) is 11.6 Å². The van der Waals surface area contributed by atoms with Gasteiger partial charge in [-0.05, 0) is 142 Å². The molecule has 1 aromatic rings. The van der Waals surface area contributed by atoms with E-state index in [9.17, 15) is 30.3 Å². The van der Waals surface area contributed by atoms with Gasteiger partial charge in [-0.15, -0.1) is 0 Å². The van der Waals surface area contributed by atoms with Crippen molar-refractivity contribution < 1.29 is 30.3 Å². The van der Waals surface area contributed by atoms with Crippen LogP contribution in [-0.2, 0) is 4.79 Å². The van der Waals surface area contributed by atoms with E-state index in [2.05, 4.69) is 50.4 Å². The second-order valence-corrected chi connectivity index (χ2v) is 24.0. The van der Waals surface area contributed by atoms with Crippen molar-refractivity contribution in [2.75, 3.05) is 12.4 Å². The van der Waals surface area contributed by atoms with Crippen molar-refractivity contribution in [3.05, 3.63) is 41.5 Å². The number of allylic oxidation sites excluding steroid dienone is 2. The number of imidazole rings is 1. The van der Waals surface area contributed by atoms with Gasteiger partial charge in [0.2, 0.25) is 0 Å². The third-order valence-electron chi connectivity index (χ3n) is 17.9. The Morgan fingerprint density at radius 3 is 2.40 bits per heavy atom. The summed E-state index contributed by atoms with van der Waals surface area (Å²) in [5.74, 6) is 0.113. The topological polar surface area (TPSA) is 136 Å². The van der Waals surface area contributed by atoms with Gasteiger partial charge in [-0.2, -0.15) is 0 Å². The summed E-state index contributed by atoms with van der Waals surface area (Å²) in [6.45, 7) is 11.6. The number of hydrogen-bond donors (Lipinski definition) is 5. The average molecular weight is 825 g/mol. The predicted octanol–water partition coefficient (Wildman–Crippen LogP) is 8.63. The van der Waals surface area contributed by atoms with Gasteiger partial charge in [-0.25, -0.2) is 4.98 Å². The van der Waals surface area contributed by atoms with Crippen LogP contribution in [0.1, 0.15) is 150 Å². The largest absolute Gasteiger partial charge is 0.396 e. The molecule has 6 fully saturated rings. The summed E-state index contributed by atoms with van der Waals surface area (Å²) in [5, 5.41) is 58.7. The van der Waals surface area contributed by atoms with Gasteiger partial charge in [0.1, 0.15) is 0 Å². The smallest absolute Gasteiger partial charge is 0.159 e. The molecule has 7 aliphatic rings. The molecule has 0 radical (unpaired) electrons. The van der Waals surface area contributed by atoms with Gasteiger partial charge >= 0.3 is 0 Å². The molecule has 5 saturated carbocycles. The molecule has 0 amide bonds. The second-order valence-electron chi connectivity index (χ2n) is 21.3. The molecule has 8 rings (SSSR count). The highest BCUT2D eigenvalue weighted by molar-refractivity contribution is 8.76. The van der Waals surface area contributed by atoms with Crippen molar-refractivity contribution >= 4 is 27.4 Å². The third-order valence-corrected chi connectivity index (χ3v) is 20.9. The predicted molar refractivity (Wildman–Crippen MR) is 229 cm³/mol. The van der Waals surface area contributed by atoms with E-state index in [1.165, 1.54) is 44.1 Å². The van der Waals surface area contributed by atoms with Crippen LogP contribution in [0, 0.1) is 51.2 Å². The minimum absolute atomic E-state index is 0.0155. The molecule has 6 aliphatic carbocycles. The van der Waals surface area contributed by atoms with Crippen molar-refractivity contribution in [3.63, 3.8) is 0 Å². The molecule has 2 heterocycles. The molecule has 1 aromatic heterocycles. The Labute approximate surface area is 349 Å². The van der Waals surface area contributed by atoms with Gasteiger partial charge in [-0.1, -0.05) is 80.2 Å². The molecule has 1 spiro atoms. The number of aliphatic hydroxyl groups excluding tert-OH is 4. The van der Waals surface area contributed by atoms with Crippen LogP contribution in [0.15, 0.2) is 41.5 Å². The minimum Gasteiger partial charge on any atom is -0.396 e. The third kappa shape index (κ3) is 7.21. The summed E-state index contributed by atoms with van der Waals surface area (Å²) >= 11 is 0. The van der Waals surface area contributed by atoms with Crippen LogP contribution in [0.25, 0.3) is 0 Å². The summed E-state index contributed by atoms with van der Waals surface area (Å²) < 4.78 is 2.28. The van der Waals surface area contributed by atoms with E-state index in [1.807, 2.05) is 34.1 Å². The number of hydrogen-bond acceptors (Lipinski definition) is 9. The van der Waals surface area contributed by atoms with Crippen LogP contribution in [0.2, 0.25) is 0 Å². The maximum atomic E-state index is 14.3. The quantitative estimate of drug-likeness (QED) is 0.149. The first-order valence-corrected chi connectivity index (χ1v) is 25.1. The van der Waals surface area contributed by atoms with Crippen LogP contribution in [-0.4, -0.2) is 82.4 Å². The Morgan fingerprint density at radius 2 is 1.68 bits per heavy atom. The Bertz CT molecular complexity index is 1690. The summed E-state index contributed by atoms with van der Waals surface area (Å²) in [6, 6.07) is 0.183. The van der Waals surface area contributed by atoms with Crippen LogP contribution in [0.3, 0.4) is 0 Å². The molecule has 2 bridgehead atoms. The number of aromatic nitrogens is 2. The number of ketones is 1. The van der Waals surface area contributed by atoms with Crippen LogP contribution in [0.4, 0.5) is 0 Å². The SMILES string of the molecule is C[C@@H]1[C@H](O)C/C(=C2/CCCC3(CCCC3)C2)C(C)(C)C[C@H](n2ccnc2)CSS[C@@H](CCCO)[C@@H]2C[C@H]1[C@@]1(C)CC[C@H]3C(=CC(=O)[C@@H]4C[C@@H](O)[C@@H](O)C[C@@]43C)[C@]21O. The number of rotatable bonds is 4. The molecule has 10 heteroatoms. The summed E-state index contributed by atoms with van der Waals surface area (Å²) in [6.07, 6.45) is 21.3. The molecule has 5 N–H and O–H groups in total. The fraction of sp³-hybridized carbons (Fsp3) is 0.830. The maximum Gasteiger partial charge on any atom is 0.159 e. The lowest BCUT2D eigenvalue weighted by Crippen LogP contribution is -2.63. The highest BCUT2D eigenvalue weighted by atomic mass is 33.1. The summed E-state index contributed by atoms with van der Waals surface area (Å²) in [4.78, 5) is 18.8. The maximum absolute atomic E-state index is 14.3. The molecule has 318 valence electrons. The minimum atomic E-state index is -1.30. The van der Waals surface area contributed by atoms with E-state index in [-0.39, 0.29) is 65.1 Å². The Kier molecular flexibility index (Phi) is 11.9. The lowest BCUT2D eigenvalue weighted by atomic mass is 9.45. The van der Waals surface area contributed by atoms with Gasteiger partial charge in [0.25, 0.3) is 0 Å². The number of aliphatic hydroxyl groups is 5. The highest BCUT2D eigenvalue weighted by Gasteiger charge is 2.71. The fourth-order valence-corrected chi connectivity index (χ4v) is 18.1. The Balaban J connectivity index is 1.23. The molecule has 13 atom stereocenters. The fourth-order valence-electron chi connectivity index (χ4n) is 14.7. The standard InChI is InChI=1S/C47H72N2O6S2/c1-29-33-20-37(47(55)35-22-39(52)36-23-40(53)41(54)26-44(36,4)32(35)12-16-45(33,47)5)42(11-9-19-50)57-56-27-31(49-18-17-48-28-49)25-43(2,3)34(21-38(29)51)30-10-8-15-46(24-30)13-6-7-14-46/h17-18,22,28-29,31-33,36-38,40-42,50-51,53-55H,6-16,19-21,23-27H2,1-5H3/b34-30+/t29-,31-,32-,33+,36-,37-,38+,40+,41-,42-,44+,45+,47-/m0/s1. The van der Waals surface area contributed by atoms with E-state index < -0.39 is 34.7 Å². The zero-order chi connectivity index (χ0) is 40.5. The first kappa shape index (κ1) is 42.5. The summed E-state index contributed by atoms with van der Waals surface area (Å²) in [5.41, 5.74) is 1.73. The van der Waals surface area contributed by atoms with Crippen molar-refractivity contribution in [3.8, 4) is 0 Å². The number of carbonyl (C=O) groups is 1. The average Bonchev–Trinajstić information content (AvgIpc) is 3.92. The van der Waals surface area contributed by atoms with Gasteiger partial charge in [0.05, 0.1) is 30.2 Å². The second kappa shape index (κ2) is 16.0. The van der Waals surface area contributed by atoms with Gasteiger partial charge < -0.3 is 30.1 Å². The molecule has 57 heavy (non-hydrogen) atoms. The zero-order valence-corrected chi connectivity index (χ0v) is 37.0. The summed E-state index contributed by atoms with van der Waals surface area (Å²) in [7, 11) is 3.74. The van der Waals surface area contributed by atoms with Crippen molar-refractivity contribution in [2.24, 2.45) is 51.2 Å². The van der Waals surface area contributed by atoms with Gasteiger partial charge in [0.15, 0.2) is 5.78 Å². The molecular weight excluding hydrogens is 753 g/mol. The molecule has 1 saturated heterocycles.